The number of nitrogens with zero attached hydrogens (tertiary/aromatic N) is 2. The number of urea groups is 1. The van der Waals surface area contributed by atoms with Crippen LogP contribution in [0.3, 0.4) is 0 Å². The fraction of sp³-hybridized carbons (Fsp3) is 0.500. The first-order valence-electron chi connectivity index (χ1n) is 6.98. The third kappa shape index (κ3) is 4.64. The Bertz CT molecular complexity index is 557. The van der Waals surface area contributed by atoms with Gasteiger partial charge in [0, 0.05) is 37.9 Å². The molecule has 1 fully saturated rings. The molecule has 5 nitrogen and oxygen atoms in total. The van der Waals surface area contributed by atoms with Crippen molar-refractivity contribution in [3.63, 3.8) is 0 Å². The first kappa shape index (κ1) is 17.2. The molecule has 1 saturated heterocycles. The standard InChI is InChI=1S/C14H17F4N3O2/c1-23-12-3-2-10(8-11(12)15)20-4-6-21(7-5-20)13(22)19-9-14(16,17)18/h2-3,8H,4-7,9H2,1H3,(H,19,22). The van der Waals surface area contributed by atoms with E-state index in [0.29, 0.717) is 18.8 Å². The summed E-state index contributed by atoms with van der Waals surface area (Å²) >= 11 is 0. The molecule has 128 valence electrons. The predicted octanol–water partition coefficient (Wildman–Crippen LogP) is 2.23. The Morgan fingerprint density at radius 2 is 1.91 bits per heavy atom. The number of carbonyl (C=O) groups is 1. The molecular weight excluding hydrogens is 318 g/mol. The summed E-state index contributed by atoms with van der Waals surface area (Å²) in [5.74, 6) is -0.353. The summed E-state index contributed by atoms with van der Waals surface area (Å²) in [6, 6.07) is 3.79. The lowest BCUT2D eigenvalue weighted by Crippen LogP contribution is -2.53. The first-order chi connectivity index (χ1) is 10.8. The van der Waals surface area contributed by atoms with Crippen LogP contribution in [0, 0.1) is 5.82 Å². The van der Waals surface area contributed by atoms with Gasteiger partial charge in [-0.25, -0.2) is 9.18 Å². The smallest absolute Gasteiger partial charge is 0.405 e. The van der Waals surface area contributed by atoms with Crippen molar-refractivity contribution in [2.45, 2.75) is 6.18 Å². The zero-order valence-electron chi connectivity index (χ0n) is 12.5. The molecule has 1 aliphatic heterocycles. The summed E-state index contributed by atoms with van der Waals surface area (Å²) in [5.41, 5.74) is 0.638. The molecule has 0 bridgehead atoms. The highest BCUT2D eigenvalue weighted by molar-refractivity contribution is 5.74. The van der Waals surface area contributed by atoms with Crippen molar-refractivity contribution in [3.05, 3.63) is 24.0 Å². The molecule has 1 heterocycles. The lowest BCUT2D eigenvalue weighted by atomic mass is 10.2. The van der Waals surface area contributed by atoms with Crippen LogP contribution < -0.4 is 15.0 Å². The topological polar surface area (TPSA) is 44.8 Å². The molecule has 0 radical (unpaired) electrons. The van der Waals surface area contributed by atoms with Crippen molar-refractivity contribution in [1.29, 1.82) is 0 Å². The van der Waals surface area contributed by atoms with Crippen LogP contribution in [0.1, 0.15) is 0 Å². The Morgan fingerprint density at radius 1 is 1.26 bits per heavy atom. The highest BCUT2D eigenvalue weighted by Gasteiger charge is 2.29. The average Bonchev–Trinajstić information content (AvgIpc) is 2.52. The summed E-state index contributed by atoms with van der Waals surface area (Å²) in [6.45, 7) is -0.0131. The summed E-state index contributed by atoms with van der Waals surface area (Å²) < 4.78 is 54.8. The van der Waals surface area contributed by atoms with E-state index >= 15 is 0 Å². The van der Waals surface area contributed by atoms with Crippen LogP contribution in [0.4, 0.5) is 28.0 Å². The van der Waals surface area contributed by atoms with Crippen LogP contribution in [0.25, 0.3) is 0 Å². The minimum absolute atomic E-state index is 0.138. The summed E-state index contributed by atoms with van der Waals surface area (Å²) in [6.07, 6.45) is -4.43. The highest BCUT2D eigenvalue weighted by Crippen LogP contribution is 2.24. The number of rotatable bonds is 3. The van der Waals surface area contributed by atoms with Gasteiger partial charge in [-0.2, -0.15) is 13.2 Å². The van der Waals surface area contributed by atoms with Gasteiger partial charge < -0.3 is 19.9 Å². The minimum Gasteiger partial charge on any atom is -0.494 e. The lowest BCUT2D eigenvalue weighted by Gasteiger charge is -2.36. The number of benzene rings is 1. The largest absolute Gasteiger partial charge is 0.494 e. The number of amides is 2. The van der Waals surface area contributed by atoms with Gasteiger partial charge in [-0.1, -0.05) is 0 Å². The molecule has 23 heavy (non-hydrogen) atoms. The van der Waals surface area contributed by atoms with Gasteiger partial charge in [-0.05, 0) is 12.1 Å². The summed E-state index contributed by atoms with van der Waals surface area (Å²) in [7, 11) is 1.37. The Labute approximate surface area is 130 Å². The van der Waals surface area contributed by atoms with Crippen LogP contribution in [-0.2, 0) is 0 Å². The van der Waals surface area contributed by atoms with Crippen LogP contribution in [0.2, 0.25) is 0 Å². The highest BCUT2D eigenvalue weighted by atomic mass is 19.4. The molecule has 2 amide bonds. The van der Waals surface area contributed by atoms with Crippen molar-refractivity contribution >= 4 is 11.7 Å². The fourth-order valence-electron chi connectivity index (χ4n) is 2.31. The maximum atomic E-state index is 13.7. The van der Waals surface area contributed by atoms with Crippen molar-refractivity contribution in [2.24, 2.45) is 0 Å². The third-order valence-electron chi connectivity index (χ3n) is 3.51. The second-order valence-electron chi connectivity index (χ2n) is 5.07. The molecule has 0 spiro atoms. The normalized spacial score (nSPS) is 15.5. The molecule has 0 aromatic heterocycles. The second-order valence-corrected chi connectivity index (χ2v) is 5.07. The Morgan fingerprint density at radius 3 is 2.43 bits per heavy atom. The SMILES string of the molecule is COc1ccc(N2CCN(C(=O)NCC(F)(F)F)CC2)cc1F. The minimum atomic E-state index is -4.43. The number of anilines is 1. The van der Waals surface area contributed by atoms with Gasteiger partial charge in [0.15, 0.2) is 11.6 Å². The van der Waals surface area contributed by atoms with Crippen LogP contribution in [0.5, 0.6) is 5.75 Å². The molecule has 0 atom stereocenters. The molecule has 1 aromatic rings. The number of hydrogen-bond donors (Lipinski definition) is 1. The number of methoxy groups -OCH3 is 1. The van der Waals surface area contributed by atoms with E-state index in [1.54, 1.807) is 6.07 Å². The molecule has 9 heteroatoms. The van der Waals surface area contributed by atoms with Gasteiger partial charge >= 0.3 is 12.2 Å². The fourth-order valence-corrected chi connectivity index (χ4v) is 2.31. The predicted molar refractivity (Wildman–Crippen MR) is 76.2 cm³/mol. The van der Waals surface area contributed by atoms with Crippen LogP contribution >= 0.6 is 0 Å². The van der Waals surface area contributed by atoms with Crippen LogP contribution in [0.15, 0.2) is 18.2 Å². The van der Waals surface area contributed by atoms with Crippen LogP contribution in [-0.4, -0.2) is 56.9 Å². The second kappa shape index (κ2) is 6.93. The number of alkyl halides is 3. The Hall–Kier alpha value is -2.19. The van der Waals surface area contributed by atoms with E-state index in [1.807, 2.05) is 10.2 Å². The number of halogens is 4. The van der Waals surface area contributed by atoms with Crippen molar-refractivity contribution in [2.75, 3.05) is 44.7 Å². The molecule has 1 aliphatic rings. The van der Waals surface area contributed by atoms with Gasteiger partial charge in [0.2, 0.25) is 0 Å². The monoisotopic (exact) mass is 335 g/mol. The van der Waals surface area contributed by atoms with E-state index in [-0.39, 0.29) is 18.8 Å². The Balaban J connectivity index is 1.88. The molecule has 2 rings (SSSR count). The summed E-state index contributed by atoms with van der Waals surface area (Å²) in [5, 5.41) is 1.84. The molecule has 1 aromatic carbocycles. The molecule has 0 saturated carbocycles. The van der Waals surface area contributed by atoms with Crippen molar-refractivity contribution < 1.29 is 27.1 Å². The molecule has 0 unspecified atom stereocenters. The third-order valence-corrected chi connectivity index (χ3v) is 3.51. The Kier molecular flexibility index (Phi) is 5.17. The maximum absolute atomic E-state index is 13.7. The van der Waals surface area contributed by atoms with E-state index in [2.05, 4.69) is 0 Å². The first-order valence-corrected chi connectivity index (χ1v) is 6.98. The average molecular weight is 335 g/mol. The maximum Gasteiger partial charge on any atom is 0.405 e. The van der Waals surface area contributed by atoms with Crippen molar-refractivity contribution in [3.8, 4) is 5.75 Å². The van der Waals surface area contributed by atoms with E-state index in [0.717, 1.165) is 0 Å². The number of nitrogens with one attached hydrogen (secondary N) is 1. The number of hydrogen-bond acceptors (Lipinski definition) is 3. The zero-order valence-corrected chi connectivity index (χ0v) is 12.5. The molecule has 1 N–H and O–H groups in total. The number of piperazine rings is 1. The van der Waals surface area contributed by atoms with Gasteiger partial charge in [0.25, 0.3) is 0 Å². The van der Waals surface area contributed by atoms with E-state index in [9.17, 15) is 22.4 Å². The molecular formula is C14H17F4N3O2. The van der Waals surface area contributed by atoms with Gasteiger partial charge in [-0.3, -0.25) is 0 Å². The van der Waals surface area contributed by atoms with Crippen molar-refractivity contribution in [1.82, 2.24) is 10.2 Å². The quantitative estimate of drug-likeness (QED) is 0.862. The van der Waals surface area contributed by atoms with E-state index < -0.39 is 24.6 Å². The number of carbonyl (C=O) groups excluding carboxylic acids is 1. The molecule has 0 aliphatic carbocycles. The van der Waals surface area contributed by atoms with Gasteiger partial charge in [0.1, 0.15) is 6.54 Å². The lowest BCUT2D eigenvalue weighted by molar-refractivity contribution is -0.123. The number of ether oxygens (including phenoxy) is 1. The van der Waals surface area contributed by atoms with E-state index in [4.69, 9.17) is 4.74 Å². The zero-order chi connectivity index (χ0) is 17.0. The summed E-state index contributed by atoms with van der Waals surface area (Å²) in [4.78, 5) is 14.8. The van der Waals surface area contributed by atoms with E-state index in [1.165, 1.54) is 24.1 Å². The van der Waals surface area contributed by atoms with Gasteiger partial charge in [0.05, 0.1) is 7.11 Å². The van der Waals surface area contributed by atoms with Gasteiger partial charge in [-0.15, -0.1) is 0 Å².